The van der Waals surface area contributed by atoms with Crippen LogP contribution in [0.3, 0.4) is 0 Å². The third kappa shape index (κ3) is 5.84. The molecule has 0 bridgehead atoms. The van der Waals surface area contributed by atoms with Gasteiger partial charge in [0.1, 0.15) is 34.5 Å². The number of likely N-dealkylation sites (tertiary alicyclic amines) is 1. The molecule has 2 heterocycles. The fourth-order valence-corrected chi connectivity index (χ4v) is 4.72. The van der Waals surface area contributed by atoms with Gasteiger partial charge in [-0.2, -0.15) is 0 Å². The van der Waals surface area contributed by atoms with E-state index < -0.39 is 39.8 Å². The van der Waals surface area contributed by atoms with Gasteiger partial charge in [0.2, 0.25) is 5.91 Å². The molecule has 1 aromatic carbocycles. The van der Waals surface area contributed by atoms with Gasteiger partial charge in [-0.05, 0) is 62.7 Å². The number of anilines is 1. The van der Waals surface area contributed by atoms with Crippen LogP contribution in [0, 0.1) is 11.8 Å². The summed E-state index contributed by atoms with van der Waals surface area (Å²) in [6.07, 6.45) is -1.39. The summed E-state index contributed by atoms with van der Waals surface area (Å²) in [5.41, 5.74) is 1.86. The van der Waals surface area contributed by atoms with Crippen LogP contribution in [0.5, 0.6) is 5.75 Å². The molecule has 3 atom stereocenters. The van der Waals surface area contributed by atoms with E-state index in [1.807, 2.05) is 0 Å². The van der Waals surface area contributed by atoms with Crippen LogP contribution in [-0.2, 0) is 16.2 Å². The second kappa shape index (κ2) is 10.4. The highest BCUT2D eigenvalue weighted by Crippen LogP contribution is 2.38. The van der Waals surface area contributed by atoms with Crippen molar-refractivity contribution in [3.63, 3.8) is 0 Å². The highest BCUT2D eigenvalue weighted by Gasteiger charge is 2.57. The number of rotatable bonds is 6. The Balaban J connectivity index is 1.71. The molecule has 1 aliphatic rings. The molecule has 10 nitrogen and oxygen atoms in total. The number of carbonyl (C=O) groups excluding carboxylic acids is 3. The number of pyridine rings is 1. The van der Waals surface area contributed by atoms with Gasteiger partial charge in [-0.1, -0.05) is 23.2 Å². The minimum Gasteiger partial charge on any atom is -0.498 e. The molecule has 35 heavy (non-hydrogen) atoms. The molecule has 1 aromatic heterocycles. The third-order valence-corrected chi connectivity index (χ3v) is 6.66. The predicted octanol–water partition coefficient (Wildman–Crippen LogP) is 2.62. The molecule has 1 aliphatic heterocycles. The molecule has 0 aliphatic carbocycles. The number of amides is 3. The molecule has 3 unspecified atom stereocenters. The summed E-state index contributed by atoms with van der Waals surface area (Å²) in [5.74, 6) is -2.91. The van der Waals surface area contributed by atoms with Crippen LogP contribution < -0.4 is 20.6 Å². The van der Waals surface area contributed by atoms with Crippen molar-refractivity contribution < 1.29 is 33.9 Å². The van der Waals surface area contributed by atoms with Gasteiger partial charge < -0.3 is 20.0 Å². The van der Waals surface area contributed by atoms with Crippen LogP contribution in [0.4, 0.5) is 10.5 Å². The third-order valence-electron chi connectivity index (χ3n) is 6.27. The minimum atomic E-state index is -1.39. The van der Waals surface area contributed by atoms with Crippen molar-refractivity contribution in [3.05, 3.63) is 52.3 Å². The van der Waals surface area contributed by atoms with E-state index in [9.17, 15) is 19.5 Å². The maximum Gasteiger partial charge on any atom is 0.257 e. The number of carboxylic acid groups (broad SMARTS) is 1. The monoisotopic (exact) mass is 524 g/mol. The minimum absolute atomic E-state index is 0.159. The number of aromatic nitrogens is 1. The Labute approximate surface area is 212 Å². The molecule has 12 heteroatoms. The summed E-state index contributed by atoms with van der Waals surface area (Å²) in [6.45, 7) is 4.95. The van der Waals surface area contributed by atoms with Crippen LogP contribution in [0.2, 0.25) is 10.3 Å². The van der Waals surface area contributed by atoms with Crippen LogP contribution in [0.15, 0.2) is 36.4 Å². The first-order chi connectivity index (χ1) is 16.4. The number of benzene rings is 1. The van der Waals surface area contributed by atoms with Crippen molar-refractivity contribution in [1.29, 1.82) is 0 Å². The van der Waals surface area contributed by atoms with Crippen molar-refractivity contribution >= 4 is 46.8 Å². The van der Waals surface area contributed by atoms with Crippen LogP contribution in [0.25, 0.3) is 0 Å². The number of quaternary nitrogens is 1. The molecule has 3 rings (SSSR count). The normalized spacial score (nSPS) is 21.9. The molecule has 0 saturated carbocycles. The maximum absolute atomic E-state index is 13.1. The standard InChI is InChI=1S/C23H26Cl2N4O6/c1-23(2,3)29(22(32)33)10-16(17(11-29)21(31)28-34)20(30)26-14-4-6-15(7-5-14)35-12-13-8-18(24)27-19(25)9-13/h4-9,16-17H,10-12H2,1-3H3,(H3-,26,28,30,31,32,33,34). The van der Waals surface area contributed by atoms with Crippen molar-refractivity contribution in [2.24, 2.45) is 11.8 Å². The molecular weight excluding hydrogens is 499 g/mol. The van der Waals surface area contributed by atoms with E-state index >= 15 is 0 Å². The van der Waals surface area contributed by atoms with Crippen molar-refractivity contribution in [1.82, 2.24) is 10.5 Å². The molecule has 3 N–H and O–H groups in total. The summed E-state index contributed by atoms with van der Waals surface area (Å²) >= 11 is 11.8. The smallest absolute Gasteiger partial charge is 0.257 e. The van der Waals surface area contributed by atoms with Crippen LogP contribution in [-0.4, -0.2) is 51.2 Å². The van der Waals surface area contributed by atoms with Gasteiger partial charge in [-0.3, -0.25) is 19.3 Å². The number of ether oxygens (including phenoxy) is 1. The Hall–Kier alpha value is -2.92. The second-order valence-corrected chi connectivity index (χ2v) is 10.2. The molecular formula is C23H26Cl2N4O6. The molecule has 2 aromatic rings. The first-order valence-electron chi connectivity index (χ1n) is 10.7. The number of hydrogen-bond acceptors (Lipinski definition) is 7. The highest BCUT2D eigenvalue weighted by atomic mass is 35.5. The number of nitrogens with one attached hydrogen (secondary N) is 2. The number of hydroxylamine groups is 1. The maximum atomic E-state index is 13.1. The summed E-state index contributed by atoms with van der Waals surface area (Å²) in [5, 5.41) is 24.5. The lowest BCUT2D eigenvalue weighted by Crippen LogP contribution is -2.67. The fourth-order valence-electron chi connectivity index (χ4n) is 4.22. The Kier molecular flexibility index (Phi) is 7.90. The Morgan fingerprint density at radius 1 is 1.09 bits per heavy atom. The average molecular weight is 525 g/mol. The lowest BCUT2D eigenvalue weighted by molar-refractivity contribution is -0.910. The zero-order valence-electron chi connectivity index (χ0n) is 19.4. The largest absolute Gasteiger partial charge is 0.498 e. The summed E-state index contributed by atoms with van der Waals surface area (Å²) in [4.78, 5) is 41.3. The van der Waals surface area contributed by atoms with Gasteiger partial charge in [-0.15, -0.1) is 0 Å². The van der Waals surface area contributed by atoms with Crippen molar-refractivity contribution in [2.75, 3.05) is 18.4 Å². The van der Waals surface area contributed by atoms with Gasteiger partial charge >= 0.3 is 0 Å². The second-order valence-electron chi connectivity index (χ2n) is 9.38. The van der Waals surface area contributed by atoms with Gasteiger partial charge in [-0.25, -0.2) is 10.5 Å². The molecule has 1 saturated heterocycles. The van der Waals surface area contributed by atoms with Crippen LogP contribution in [0.1, 0.15) is 26.3 Å². The fraction of sp³-hybridized carbons (Fsp3) is 0.391. The zero-order valence-corrected chi connectivity index (χ0v) is 20.9. The quantitative estimate of drug-likeness (QED) is 0.228. The molecule has 0 spiro atoms. The molecule has 3 amide bonds. The van der Waals surface area contributed by atoms with Gasteiger partial charge in [0.15, 0.2) is 0 Å². The summed E-state index contributed by atoms with van der Waals surface area (Å²) < 4.78 is 5.10. The SMILES string of the molecule is CC(C)(C)[N+]1(C(=O)[O-])CC(C(=O)NO)C(C(=O)Nc2ccc(OCc3cc(Cl)nc(Cl)c3)cc2)C1. The number of carbonyl (C=O) groups is 3. The molecule has 1 fully saturated rings. The van der Waals surface area contributed by atoms with E-state index in [0.717, 1.165) is 5.56 Å². The van der Waals surface area contributed by atoms with E-state index in [-0.39, 0.29) is 30.0 Å². The van der Waals surface area contributed by atoms with E-state index in [2.05, 4.69) is 10.3 Å². The van der Waals surface area contributed by atoms with E-state index in [1.54, 1.807) is 62.6 Å². The molecule has 0 radical (unpaired) electrons. The Morgan fingerprint density at radius 3 is 2.11 bits per heavy atom. The lowest BCUT2D eigenvalue weighted by atomic mass is 9.94. The Morgan fingerprint density at radius 2 is 1.63 bits per heavy atom. The van der Waals surface area contributed by atoms with Crippen molar-refractivity contribution in [2.45, 2.75) is 32.9 Å². The van der Waals surface area contributed by atoms with Gasteiger partial charge in [0.25, 0.3) is 12.0 Å². The topological polar surface area (TPSA) is 141 Å². The number of hydrogen-bond donors (Lipinski definition) is 3. The lowest BCUT2D eigenvalue weighted by Gasteiger charge is -2.45. The van der Waals surface area contributed by atoms with Gasteiger partial charge in [0, 0.05) is 5.69 Å². The van der Waals surface area contributed by atoms with E-state index in [1.165, 1.54) is 0 Å². The predicted molar refractivity (Wildman–Crippen MR) is 126 cm³/mol. The van der Waals surface area contributed by atoms with Gasteiger partial charge in [0.05, 0.1) is 18.6 Å². The number of nitrogens with zero attached hydrogens (tertiary/aromatic N) is 2. The zero-order chi connectivity index (χ0) is 26.0. The average Bonchev–Trinajstić information content (AvgIpc) is 3.20. The highest BCUT2D eigenvalue weighted by molar-refractivity contribution is 6.32. The molecule has 188 valence electrons. The first kappa shape index (κ1) is 26.7. The first-order valence-corrected chi connectivity index (χ1v) is 11.5. The van der Waals surface area contributed by atoms with Crippen LogP contribution >= 0.6 is 23.2 Å². The number of halogens is 2. The van der Waals surface area contributed by atoms with Crippen molar-refractivity contribution in [3.8, 4) is 5.75 Å². The van der Waals surface area contributed by atoms with E-state index in [0.29, 0.717) is 11.4 Å². The summed E-state index contributed by atoms with van der Waals surface area (Å²) in [7, 11) is 0. The Bertz CT molecular complexity index is 1100. The van der Waals surface area contributed by atoms with E-state index in [4.69, 9.17) is 33.1 Å². The summed E-state index contributed by atoms with van der Waals surface area (Å²) in [6, 6.07) is 9.77.